The maximum absolute atomic E-state index is 13.5. The number of hydrogen-bond acceptors (Lipinski definition) is 4. The molecule has 2 aliphatic rings. The van der Waals surface area contributed by atoms with Crippen molar-refractivity contribution in [1.82, 2.24) is 14.7 Å². The first-order valence-corrected chi connectivity index (χ1v) is 12.1. The number of rotatable bonds is 9. The number of para-hydroxylation sites is 1. The van der Waals surface area contributed by atoms with Gasteiger partial charge in [0.05, 0.1) is 29.6 Å². The maximum Gasteiger partial charge on any atom is 0.227 e. The van der Waals surface area contributed by atoms with Gasteiger partial charge in [-0.3, -0.25) is 4.79 Å². The molecule has 2 aromatic carbocycles. The summed E-state index contributed by atoms with van der Waals surface area (Å²) >= 11 is 0. The second-order valence-corrected chi connectivity index (χ2v) is 9.02. The smallest absolute Gasteiger partial charge is 0.227 e. The Labute approximate surface area is 199 Å². The minimum atomic E-state index is -0.323. The molecule has 5 rings (SSSR count). The molecule has 0 radical (unpaired) electrons. The molecule has 178 valence electrons. The fourth-order valence-electron chi connectivity index (χ4n) is 4.43. The molecule has 1 amide bonds. The molecule has 3 aromatic rings. The Kier molecular flexibility index (Phi) is 6.63. The van der Waals surface area contributed by atoms with Crippen LogP contribution in [0.1, 0.15) is 43.9 Å². The van der Waals surface area contributed by atoms with E-state index in [9.17, 15) is 9.18 Å². The van der Waals surface area contributed by atoms with Crippen molar-refractivity contribution in [3.8, 4) is 17.3 Å². The highest BCUT2D eigenvalue weighted by Gasteiger charge is 2.36. The molecule has 0 bridgehead atoms. The van der Waals surface area contributed by atoms with Crippen LogP contribution in [0.25, 0.3) is 5.69 Å². The number of ether oxygens (including phenoxy) is 2. The average Bonchev–Trinajstić information content (AvgIpc) is 3.49. The molecule has 7 heteroatoms. The first kappa shape index (κ1) is 22.6. The van der Waals surface area contributed by atoms with Crippen LogP contribution in [-0.4, -0.2) is 39.8 Å². The number of nitrogens with zero attached hydrogens (tertiary/aromatic N) is 3. The Balaban J connectivity index is 1.53. The zero-order valence-corrected chi connectivity index (χ0v) is 19.5. The van der Waals surface area contributed by atoms with Gasteiger partial charge in [-0.2, -0.15) is 5.10 Å². The van der Waals surface area contributed by atoms with Crippen LogP contribution in [-0.2, 0) is 22.5 Å². The SMILES string of the molecule is CCc1nn(-c2ccccc2)c(Oc2ccc(F)cc2)c1CN(C[C@H]1CCCO1)C(=O)C1CC1. The Morgan fingerprint density at radius 3 is 2.56 bits per heavy atom. The molecule has 0 N–H and O–H groups in total. The third kappa shape index (κ3) is 4.99. The summed E-state index contributed by atoms with van der Waals surface area (Å²) in [6.07, 6.45) is 4.66. The zero-order chi connectivity index (χ0) is 23.5. The maximum atomic E-state index is 13.5. The normalized spacial score (nSPS) is 17.6. The lowest BCUT2D eigenvalue weighted by Crippen LogP contribution is -2.38. The number of benzene rings is 2. The Hall–Kier alpha value is -3.19. The number of carbonyl (C=O) groups is 1. The topological polar surface area (TPSA) is 56.6 Å². The summed E-state index contributed by atoms with van der Waals surface area (Å²) in [6.45, 7) is 3.78. The molecular formula is C27H30FN3O3. The van der Waals surface area contributed by atoms with Gasteiger partial charge in [0.15, 0.2) is 0 Å². The van der Waals surface area contributed by atoms with Crippen LogP contribution in [0, 0.1) is 11.7 Å². The summed E-state index contributed by atoms with van der Waals surface area (Å²) in [5, 5.41) is 4.87. The molecule has 0 unspecified atom stereocenters. The van der Waals surface area contributed by atoms with Gasteiger partial charge in [-0.05, 0) is 68.5 Å². The largest absolute Gasteiger partial charge is 0.439 e. The fraction of sp³-hybridized carbons (Fsp3) is 0.407. The van der Waals surface area contributed by atoms with E-state index in [2.05, 4.69) is 6.92 Å². The molecular weight excluding hydrogens is 433 g/mol. The van der Waals surface area contributed by atoms with Crippen LogP contribution in [0.3, 0.4) is 0 Å². The van der Waals surface area contributed by atoms with Gasteiger partial charge in [-0.1, -0.05) is 25.1 Å². The van der Waals surface area contributed by atoms with Crippen LogP contribution in [0.2, 0.25) is 0 Å². The molecule has 1 aliphatic carbocycles. The molecule has 2 heterocycles. The molecule has 1 aliphatic heterocycles. The number of aryl methyl sites for hydroxylation is 1. The number of halogens is 1. The summed E-state index contributed by atoms with van der Waals surface area (Å²) in [5.41, 5.74) is 2.62. The van der Waals surface area contributed by atoms with Gasteiger partial charge in [-0.25, -0.2) is 9.07 Å². The molecule has 0 spiro atoms. The van der Waals surface area contributed by atoms with Crippen molar-refractivity contribution in [2.75, 3.05) is 13.2 Å². The monoisotopic (exact) mass is 463 g/mol. The summed E-state index contributed by atoms with van der Waals surface area (Å²) in [4.78, 5) is 15.2. The van der Waals surface area contributed by atoms with E-state index in [1.807, 2.05) is 35.2 Å². The predicted molar refractivity (Wildman–Crippen MR) is 127 cm³/mol. The van der Waals surface area contributed by atoms with Crippen molar-refractivity contribution < 1.29 is 18.7 Å². The van der Waals surface area contributed by atoms with E-state index in [1.165, 1.54) is 12.1 Å². The van der Waals surface area contributed by atoms with Gasteiger partial charge >= 0.3 is 0 Å². The average molecular weight is 464 g/mol. The minimum Gasteiger partial charge on any atom is -0.439 e. The van der Waals surface area contributed by atoms with E-state index in [1.54, 1.807) is 16.8 Å². The highest BCUT2D eigenvalue weighted by Crippen LogP contribution is 2.35. The van der Waals surface area contributed by atoms with E-state index in [4.69, 9.17) is 14.6 Å². The number of aromatic nitrogens is 2. The zero-order valence-electron chi connectivity index (χ0n) is 19.5. The molecule has 34 heavy (non-hydrogen) atoms. The van der Waals surface area contributed by atoms with E-state index >= 15 is 0 Å². The minimum absolute atomic E-state index is 0.0680. The van der Waals surface area contributed by atoms with E-state index in [0.717, 1.165) is 49.2 Å². The van der Waals surface area contributed by atoms with Crippen LogP contribution >= 0.6 is 0 Å². The lowest BCUT2D eigenvalue weighted by molar-refractivity contribution is -0.134. The van der Waals surface area contributed by atoms with Crippen molar-refractivity contribution in [1.29, 1.82) is 0 Å². The van der Waals surface area contributed by atoms with E-state index < -0.39 is 0 Å². The summed E-state index contributed by atoms with van der Waals surface area (Å²) in [5.74, 6) is 1.03. The van der Waals surface area contributed by atoms with Gasteiger partial charge in [0, 0.05) is 19.1 Å². The molecule has 1 atom stereocenters. The first-order valence-electron chi connectivity index (χ1n) is 12.1. The number of hydrogen-bond donors (Lipinski definition) is 0. The van der Waals surface area contributed by atoms with Crippen LogP contribution in [0.15, 0.2) is 54.6 Å². The molecule has 1 saturated carbocycles. The third-order valence-electron chi connectivity index (χ3n) is 6.42. The molecule has 2 fully saturated rings. The van der Waals surface area contributed by atoms with Crippen molar-refractivity contribution in [2.24, 2.45) is 5.92 Å². The van der Waals surface area contributed by atoms with E-state index in [0.29, 0.717) is 31.1 Å². The Morgan fingerprint density at radius 2 is 1.91 bits per heavy atom. The van der Waals surface area contributed by atoms with Gasteiger partial charge in [0.2, 0.25) is 11.8 Å². The highest BCUT2D eigenvalue weighted by molar-refractivity contribution is 5.81. The van der Waals surface area contributed by atoms with Crippen LogP contribution in [0.5, 0.6) is 11.6 Å². The Morgan fingerprint density at radius 1 is 1.15 bits per heavy atom. The predicted octanol–water partition coefficient (Wildman–Crippen LogP) is 5.28. The quantitative estimate of drug-likeness (QED) is 0.433. The lowest BCUT2D eigenvalue weighted by atomic mass is 10.1. The third-order valence-corrected chi connectivity index (χ3v) is 6.42. The second-order valence-electron chi connectivity index (χ2n) is 9.02. The van der Waals surface area contributed by atoms with Crippen molar-refractivity contribution >= 4 is 5.91 Å². The lowest BCUT2D eigenvalue weighted by Gasteiger charge is -2.26. The number of carbonyl (C=O) groups excluding carboxylic acids is 1. The second kappa shape index (κ2) is 9.97. The van der Waals surface area contributed by atoms with Crippen molar-refractivity contribution in [2.45, 2.75) is 51.7 Å². The van der Waals surface area contributed by atoms with Crippen LogP contribution < -0.4 is 4.74 Å². The van der Waals surface area contributed by atoms with Crippen molar-refractivity contribution in [3.63, 3.8) is 0 Å². The summed E-state index contributed by atoms with van der Waals surface area (Å²) < 4.78 is 27.5. The Bertz CT molecular complexity index is 1120. The van der Waals surface area contributed by atoms with Crippen molar-refractivity contribution in [3.05, 3.63) is 71.7 Å². The van der Waals surface area contributed by atoms with Gasteiger partial charge < -0.3 is 14.4 Å². The van der Waals surface area contributed by atoms with Gasteiger partial charge in [-0.15, -0.1) is 0 Å². The van der Waals surface area contributed by atoms with Gasteiger partial charge in [0.1, 0.15) is 11.6 Å². The standard InChI is InChI=1S/C27H30FN3O3/c1-2-25-24(18-30(26(32)19-10-11-19)17-23-9-6-16-33-23)27(34-22-14-12-20(28)13-15-22)31(29-25)21-7-4-3-5-8-21/h3-5,7-8,12-15,19,23H,2,6,9-11,16-18H2,1H3/t23-/m1/s1. The summed E-state index contributed by atoms with van der Waals surface area (Å²) in [6, 6.07) is 15.7. The molecule has 6 nitrogen and oxygen atoms in total. The van der Waals surface area contributed by atoms with Gasteiger partial charge in [0.25, 0.3) is 0 Å². The highest BCUT2D eigenvalue weighted by atomic mass is 19.1. The van der Waals surface area contributed by atoms with E-state index in [-0.39, 0.29) is 23.7 Å². The fourth-order valence-corrected chi connectivity index (χ4v) is 4.43. The molecule has 1 saturated heterocycles. The number of amides is 1. The summed E-state index contributed by atoms with van der Waals surface area (Å²) in [7, 11) is 0. The van der Waals surface area contributed by atoms with Crippen LogP contribution in [0.4, 0.5) is 4.39 Å². The molecule has 1 aromatic heterocycles. The first-order chi connectivity index (χ1) is 16.6.